The number of hydrogen-bond donors (Lipinski definition) is 1. The molecule has 80 valence electrons. The Balaban J connectivity index is 2.52. The van der Waals surface area contributed by atoms with E-state index in [9.17, 15) is 4.39 Å². The number of benzene rings is 1. The van der Waals surface area contributed by atoms with Gasteiger partial charge in [0.05, 0.1) is 0 Å². The van der Waals surface area contributed by atoms with Crippen LogP contribution in [0.15, 0.2) is 30.4 Å². The fraction of sp³-hybridized carbons (Fsp3) is 0.333. The van der Waals surface area contributed by atoms with E-state index in [0.717, 1.165) is 12.8 Å². The van der Waals surface area contributed by atoms with Gasteiger partial charge in [-0.3, -0.25) is 0 Å². The topological polar surface area (TPSA) is 26.0 Å². The standard InChI is InChI=1S/C12H13ClFN/c13-9-4-3-5-10(14)11(9)12(8-15)6-1-2-7-12/h1-5H,6-8,15H2. The van der Waals surface area contributed by atoms with E-state index in [1.165, 1.54) is 6.07 Å². The number of allylic oxidation sites excluding steroid dienone is 2. The van der Waals surface area contributed by atoms with Gasteiger partial charge in [-0.15, -0.1) is 0 Å². The molecule has 1 aliphatic rings. The average molecular weight is 226 g/mol. The highest BCUT2D eigenvalue weighted by Gasteiger charge is 2.35. The van der Waals surface area contributed by atoms with Crippen molar-refractivity contribution in [1.82, 2.24) is 0 Å². The van der Waals surface area contributed by atoms with E-state index < -0.39 is 0 Å². The number of rotatable bonds is 2. The van der Waals surface area contributed by atoms with Crippen LogP contribution in [0.4, 0.5) is 4.39 Å². The number of halogens is 2. The van der Waals surface area contributed by atoms with Crippen LogP contribution in [0.1, 0.15) is 18.4 Å². The lowest BCUT2D eigenvalue weighted by molar-refractivity contribution is 0.441. The average Bonchev–Trinajstić information content (AvgIpc) is 2.67. The fourth-order valence-electron chi connectivity index (χ4n) is 2.18. The molecule has 2 N–H and O–H groups in total. The molecule has 0 saturated heterocycles. The molecule has 0 atom stereocenters. The van der Waals surface area contributed by atoms with Crippen molar-refractivity contribution in [2.24, 2.45) is 5.73 Å². The molecule has 0 aliphatic heterocycles. The lowest BCUT2D eigenvalue weighted by Crippen LogP contribution is -2.33. The molecule has 0 saturated carbocycles. The summed E-state index contributed by atoms with van der Waals surface area (Å²) in [7, 11) is 0. The van der Waals surface area contributed by atoms with Crippen LogP contribution < -0.4 is 5.73 Å². The Morgan fingerprint density at radius 1 is 1.33 bits per heavy atom. The minimum absolute atomic E-state index is 0.253. The second-order valence-corrected chi connectivity index (χ2v) is 4.37. The highest BCUT2D eigenvalue weighted by Crippen LogP contribution is 2.40. The predicted octanol–water partition coefficient (Wildman–Crippen LogP) is 3.03. The van der Waals surface area contributed by atoms with Crippen LogP contribution in [-0.2, 0) is 5.41 Å². The molecule has 0 amide bonds. The molecule has 1 aromatic rings. The Labute approximate surface area is 93.7 Å². The zero-order chi connectivity index (χ0) is 10.9. The lowest BCUT2D eigenvalue weighted by Gasteiger charge is -2.29. The third-order valence-corrected chi connectivity index (χ3v) is 3.38. The van der Waals surface area contributed by atoms with Crippen LogP contribution >= 0.6 is 11.6 Å². The highest BCUT2D eigenvalue weighted by atomic mass is 35.5. The van der Waals surface area contributed by atoms with E-state index in [2.05, 4.69) is 0 Å². The zero-order valence-corrected chi connectivity index (χ0v) is 9.10. The molecular weight excluding hydrogens is 213 g/mol. The van der Waals surface area contributed by atoms with Gasteiger partial charge in [0.25, 0.3) is 0 Å². The van der Waals surface area contributed by atoms with Gasteiger partial charge in [-0.2, -0.15) is 0 Å². The van der Waals surface area contributed by atoms with Gasteiger partial charge in [-0.25, -0.2) is 4.39 Å². The van der Waals surface area contributed by atoms with Gasteiger partial charge in [-0.1, -0.05) is 29.8 Å². The van der Waals surface area contributed by atoms with Crippen molar-refractivity contribution >= 4 is 11.6 Å². The Morgan fingerprint density at radius 3 is 2.53 bits per heavy atom. The summed E-state index contributed by atoms with van der Waals surface area (Å²) in [5, 5.41) is 0.476. The first-order chi connectivity index (χ1) is 7.19. The van der Waals surface area contributed by atoms with E-state index in [1.54, 1.807) is 12.1 Å². The van der Waals surface area contributed by atoms with Gasteiger partial charge >= 0.3 is 0 Å². The van der Waals surface area contributed by atoms with Crippen LogP contribution in [0.2, 0.25) is 5.02 Å². The Bertz CT molecular complexity index is 372. The van der Waals surface area contributed by atoms with Crippen molar-refractivity contribution in [2.75, 3.05) is 6.54 Å². The van der Waals surface area contributed by atoms with Crippen molar-refractivity contribution in [3.63, 3.8) is 0 Å². The maximum absolute atomic E-state index is 13.8. The molecule has 2 rings (SSSR count). The summed E-state index contributed by atoms with van der Waals surface area (Å²) in [5.74, 6) is -0.253. The summed E-state index contributed by atoms with van der Waals surface area (Å²) in [6, 6.07) is 4.78. The second kappa shape index (κ2) is 3.95. The first-order valence-corrected chi connectivity index (χ1v) is 5.37. The minimum Gasteiger partial charge on any atom is -0.330 e. The van der Waals surface area contributed by atoms with Crippen LogP contribution in [0.3, 0.4) is 0 Å². The summed E-state index contributed by atoms with van der Waals surface area (Å²) in [6.45, 7) is 0.417. The van der Waals surface area contributed by atoms with Gasteiger partial charge in [-0.05, 0) is 25.0 Å². The summed E-state index contributed by atoms with van der Waals surface area (Å²) in [4.78, 5) is 0. The Kier molecular flexibility index (Phi) is 2.81. The van der Waals surface area contributed by atoms with Crippen molar-refractivity contribution in [3.05, 3.63) is 46.8 Å². The fourth-order valence-corrected chi connectivity index (χ4v) is 2.54. The molecule has 0 radical (unpaired) electrons. The van der Waals surface area contributed by atoms with Crippen LogP contribution in [0.5, 0.6) is 0 Å². The summed E-state index contributed by atoms with van der Waals surface area (Å²) < 4.78 is 13.8. The molecule has 0 aromatic heterocycles. The predicted molar refractivity (Wildman–Crippen MR) is 60.5 cm³/mol. The molecular formula is C12H13ClFN. The van der Waals surface area contributed by atoms with Crippen molar-refractivity contribution in [1.29, 1.82) is 0 Å². The summed E-state index contributed by atoms with van der Waals surface area (Å²) in [5.41, 5.74) is 6.01. The van der Waals surface area contributed by atoms with Crippen molar-refractivity contribution < 1.29 is 4.39 Å². The SMILES string of the molecule is NCC1(c2c(F)cccc2Cl)CC=CC1. The molecule has 1 aromatic carbocycles. The van der Waals surface area contributed by atoms with Gasteiger partial charge < -0.3 is 5.73 Å². The van der Waals surface area contributed by atoms with Crippen molar-refractivity contribution in [3.8, 4) is 0 Å². The third kappa shape index (κ3) is 1.68. The lowest BCUT2D eigenvalue weighted by atomic mass is 9.78. The molecule has 15 heavy (non-hydrogen) atoms. The first kappa shape index (κ1) is 10.7. The van der Waals surface area contributed by atoms with Gasteiger partial charge in [0.1, 0.15) is 5.82 Å². The maximum atomic E-state index is 13.8. The molecule has 0 spiro atoms. The molecule has 0 bridgehead atoms. The van der Waals surface area contributed by atoms with E-state index >= 15 is 0 Å². The van der Waals surface area contributed by atoms with Gasteiger partial charge in [0, 0.05) is 22.5 Å². The largest absolute Gasteiger partial charge is 0.330 e. The summed E-state index contributed by atoms with van der Waals surface area (Å²) in [6.07, 6.45) is 5.61. The van der Waals surface area contributed by atoms with Crippen LogP contribution in [0, 0.1) is 5.82 Å². The van der Waals surface area contributed by atoms with E-state index in [0.29, 0.717) is 17.1 Å². The van der Waals surface area contributed by atoms with Crippen molar-refractivity contribution in [2.45, 2.75) is 18.3 Å². The van der Waals surface area contributed by atoms with Gasteiger partial charge in [0.2, 0.25) is 0 Å². The smallest absolute Gasteiger partial charge is 0.128 e. The highest BCUT2D eigenvalue weighted by molar-refractivity contribution is 6.31. The zero-order valence-electron chi connectivity index (χ0n) is 8.34. The third-order valence-electron chi connectivity index (χ3n) is 3.07. The Morgan fingerprint density at radius 2 is 2.00 bits per heavy atom. The quantitative estimate of drug-likeness (QED) is 0.770. The van der Waals surface area contributed by atoms with E-state index in [-0.39, 0.29) is 11.2 Å². The van der Waals surface area contributed by atoms with E-state index in [1.807, 2.05) is 12.2 Å². The van der Waals surface area contributed by atoms with Crippen LogP contribution in [0.25, 0.3) is 0 Å². The van der Waals surface area contributed by atoms with Crippen LogP contribution in [-0.4, -0.2) is 6.54 Å². The normalized spacial score (nSPS) is 18.3. The van der Waals surface area contributed by atoms with E-state index in [4.69, 9.17) is 17.3 Å². The minimum atomic E-state index is -0.331. The number of nitrogens with two attached hydrogens (primary N) is 1. The molecule has 0 fully saturated rings. The first-order valence-electron chi connectivity index (χ1n) is 4.99. The molecule has 0 unspecified atom stereocenters. The molecule has 3 heteroatoms. The maximum Gasteiger partial charge on any atom is 0.128 e. The molecule has 1 aliphatic carbocycles. The Hall–Kier alpha value is -0.860. The summed E-state index contributed by atoms with van der Waals surface area (Å²) >= 11 is 6.05. The number of hydrogen-bond acceptors (Lipinski definition) is 1. The van der Waals surface area contributed by atoms with Gasteiger partial charge in [0.15, 0.2) is 0 Å². The molecule has 0 heterocycles. The monoisotopic (exact) mass is 225 g/mol. The molecule has 1 nitrogen and oxygen atoms in total. The second-order valence-electron chi connectivity index (χ2n) is 3.96.